The summed E-state index contributed by atoms with van der Waals surface area (Å²) in [6.45, 7) is 8.14. The van der Waals surface area contributed by atoms with E-state index in [1.54, 1.807) is 6.07 Å². The number of amides is 1. The monoisotopic (exact) mass is 338 g/mol. The van der Waals surface area contributed by atoms with Crippen LogP contribution >= 0.6 is 0 Å². The summed E-state index contributed by atoms with van der Waals surface area (Å²) in [6, 6.07) is 13.6. The topological polar surface area (TPSA) is 48.5 Å². The van der Waals surface area contributed by atoms with E-state index in [0.29, 0.717) is 11.6 Å². The molecule has 1 aromatic carbocycles. The normalized spacial score (nSPS) is 15.4. The third kappa shape index (κ3) is 4.17. The molecule has 0 bridgehead atoms. The molecular formula is C20H26N4O. The highest BCUT2D eigenvalue weighted by molar-refractivity contribution is 6.03. The molecule has 5 nitrogen and oxygen atoms in total. The Morgan fingerprint density at radius 2 is 1.76 bits per heavy atom. The molecule has 0 radical (unpaired) electrons. The number of hydrogen-bond donors (Lipinski definition) is 1. The Balaban J connectivity index is 1.76. The molecule has 132 valence electrons. The van der Waals surface area contributed by atoms with Crippen molar-refractivity contribution in [2.24, 2.45) is 0 Å². The van der Waals surface area contributed by atoms with Crippen molar-refractivity contribution in [2.45, 2.75) is 19.8 Å². The second-order valence-corrected chi connectivity index (χ2v) is 6.87. The number of anilines is 2. The summed E-state index contributed by atoms with van der Waals surface area (Å²) in [5, 5.41) is 3.02. The summed E-state index contributed by atoms with van der Waals surface area (Å²) >= 11 is 0. The summed E-state index contributed by atoms with van der Waals surface area (Å²) in [4.78, 5) is 21.8. The molecule has 0 unspecified atom stereocenters. The van der Waals surface area contributed by atoms with Gasteiger partial charge < -0.3 is 15.1 Å². The second-order valence-electron chi connectivity index (χ2n) is 6.87. The van der Waals surface area contributed by atoms with Crippen molar-refractivity contribution in [3.63, 3.8) is 0 Å². The van der Waals surface area contributed by atoms with E-state index in [1.807, 2.05) is 36.4 Å². The summed E-state index contributed by atoms with van der Waals surface area (Å²) in [6.07, 6.45) is 0. The highest BCUT2D eigenvalue weighted by atomic mass is 16.1. The molecule has 25 heavy (non-hydrogen) atoms. The van der Waals surface area contributed by atoms with E-state index in [0.717, 1.165) is 43.2 Å². The van der Waals surface area contributed by atoms with Crippen molar-refractivity contribution >= 4 is 17.4 Å². The smallest absolute Gasteiger partial charge is 0.274 e. The van der Waals surface area contributed by atoms with Crippen molar-refractivity contribution in [1.82, 2.24) is 9.88 Å². The first-order chi connectivity index (χ1) is 12.0. The number of nitrogens with one attached hydrogen (secondary N) is 1. The van der Waals surface area contributed by atoms with Gasteiger partial charge >= 0.3 is 0 Å². The Kier molecular flexibility index (Phi) is 5.34. The molecule has 3 rings (SSSR count). The fraction of sp³-hybridized carbons (Fsp3) is 0.400. The van der Waals surface area contributed by atoms with Gasteiger partial charge in [0, 0.05) is 31.9 Å². The molecule has 0 saturated carbocycles. The van der Waals surface area contributed by atoms with Gasteiger partial charge in [-0.25, -0.2) is 4.98 Å². The lowest BCUT2D eigenvalue weighted by Crippen LogP contribution is -2.44. The van der Waals surface area contributed by atoms with E-state index in [2.05, 4.69) is 41.0 Å². The highest BCUT2D eigenvalue weighted by Crippen LogP contribution is 2.24. The summed E-state index contributed by atoms with van der Waals surface area (Å²) < 4.78 is 0. The Bertz CT molecular complexity index is 736. The molecule has 1 saturated heterocycles. The van der Waals surface area contributed by atoms with Crippen LogP contribution < -0.4 is 10.2 Å². The summed E-state index contributed by atoms with van der Waals surface area (Å²) in [7, 11) is 2.13. The van der Waals surface area contributed by atoms with Crippen LogP contribution in [-0.2, 0) is 0 Å². The largest absolute Gasteiger partial charge is 0.354 e. The van der Waals surface area contributed by atoms with E-state index in [-0.39, 0.29) is 5.91 Å². The second kappa shape index (κ2) is 7.66. The first kappa shape index (κ1) is 17.4. The molecule has 0 aliphatic carbocycles. The number of rotatable bonds is 4. The molecule has 2 aromatic rings. The van der Waals surface area contributed by atoms with Gasteiger partial charge in [-0.15, -0.1) is 0 Å². The number of hydrogen-bond acceptors (Lipinski definition) is 4. The third-order valence-corrected chi connectivity index (χ3v) is 4.63. The molecule has 0 atom stereocenters. The van der Waals surface area contributed by atoms with Crippen molar-refractivity contribution in [2.75, 3.05) is 43.4 Å². The zero-order valence-electron chi connectivity index (χ0n) is 15.2. The molecule has 2 heterocycles. The average molecular weight is 338 g/mol. The molecule has 1 N–H and O–H groups in total. The van der Waals surface area contributed by atoms with Crippen molar-refractivity contribution < 1.29 is 4.79 Å². The molecule has 1 fully saturated rings. The Morgan fingerprint density at radius 3 is 2.48 bits per heavy atom. The number of para-hydroxylation sites is 1. The van der Waals surface area contributed by atoms with Crippen LogP contribution in [0.3, 0.4) is 0 Å². The van der Waals surface area contributed by atoms with Gasteiger partial charge in [0.05, 0.1) is 0 Å². The molecule has 0 spiro atoms. The molecule has 1 amide bonds. The Morgan fingerprint density at radius 1 is 1.04 bits per heavy atom. The summed E-state index contributed by atoms with van der Waals surface area (Å²) in [5.74, 6) is 1.06. The lowest BCUT2D eigenvalue weighted by atomic mass is 10.0. The lowest BCUT2D eigenvalue weighted by Gasteiger charge is -2.33. The summed E-state index contributed by atoms with van der Waals surface area (Å²) in [5.41, 5.74) is 2.44. The number of carbonyl (C=O) groups excluding carboxylic acids is 1. The van der Waals surface area contributed by atoms with Crippen LogP contribution in [0.25, 0.3) is 0 Å². The van der Waals surface area contributed by atoms with Crippen LogP contribution in [0.1, 0.15) is 35.8 Å². The maximum absolute atomic E-state index is 12.7. The number of aromatic nitrogens is 1. The lowest BCUT2D eigenvalue weighted by molar-refractivity contribution is 0.102. The number of piperazine rings is 1. The first-order valence-electron chi connectivity index (χ1n) is 8.85. The number of nitrogens with zero attached hydrogens (tertiary/aromatic N) is 3. The minimum atomic E-state index is -0.163. The zero-order valence-corrected chi connectivity index (χ0v) is 15.2. The van der Waals surface area contributed by atoms with E-state index in [9.17, 15) is 4.79 Å². The third-order valence-electron chi connectivity index (χ3n) is 4.63. The fourth-order valence-corrected chi connectivity index (χ4v) is 3.06. The molecular weight excluding hydrogens is 312 g/mol. The zero-order chi connectivity index (χ0) is 17.8. The highest BCUT2D eigenvalue weighted by Gasteiger charge is 2.17. The van der Waals surface area contributed by atoms with Crippen molar-refractivity contribution in [3.05, 3.63) is 53.7 Å². The standard InChI is InChI=1S/C20H26N4O/c1-15(2)16-7-4-5-8-17(16)22-20(25)18-9-6-10-19(21-18)24-13-11-23(3)12-14-24/h4-10,15H,11-14H2,1-3H3,(H,22,25). The van der Waals surface area contributed by atoms with Crippen LogP contribution in [0.2, 0.25) is 0 Å². The van der Waals surface area contributed by atoms with E-state index >= 15 is 0 Å². The first-order valence-corrected chi connectivity index (χ1v) is 8.85. The Hall–Kier alpha value is -2.40. The van der Waals surface area contributed by atoms with E-state index in [1.165, 1.54) is 0 Å². The van der Waals surface area contributed by atoms with Crippen LogP contribution in [-0.4, -0.2) is 49.0 Å². The quantitative estimate of drug-likeness (QED) is 0.930. The van der Waals surface area contributed by atoms with Gasteiger partial charge in [0.25, 0.3) is 5.91 Å². The number of likely N-dealkylation sites (N-methyl/N-ethyl adjacent to an activating group) is 1. The van der Waals surface area contributed by atoms with Crippen molar-refractivity contribution in [1.29, 1.82) is 0 Å². The maximum Gasteiger partial charge on any atom is 0.274 e. The van der Waals surface area contributed by atoms with Crippen LogP contribution in [0.5, 0.6) is 0 Å². The van der Waals surface area contributed by atoms with Crippen LogP contribution in [0.4, 0.5) is 11.5 Å². The van der Waals surface area contributed by atoms with Gasteiger partial charge in [-0.05, 0) is 36.7 Å². The molecule has 1 aliphatic heterocycles. The van der Waals surface area contributed by atoms with Gasteiger partial charge in [-0.2, -0.15) is 0 Å². The number of pyridine rings is 1. The average Bonchev–Trinajstić information content (AvgIpc) is 2.62. The van der Waals surface area contributed by atoms with E-state index in [4.69, 9.17) is 0 Å². The molecule has 1 aliphatic rings. The minimum Gasteiger partial charge on any atom is -0.354 e. The van der Waals surface area contributed by atoms with Gasteiger partial charge in [0.1, 0.15) is 11.5 Å². The van der Waals surface area contributed by atoms with E-state index < -0.39 is 0 Å². The number of carbonyl (C=O) groups is 1. The molecule has 1 aromatic heterocycles. The van der Waals surface area contributed by atoms with Gasteiger partial charge in [0.2, 0.25) is 0 Å². The van der Waals surface area contributed by atoms with Crippen LogP contribution in [0, 0.1) is 0 Å². The predicted molar refractivity (Wildman–Crippen MR) is 102 cm³/mol. The van der Waals surface area contributed by atoms with Crippen LogP contribution in [0.15, 0.2) is 42.5 Å². The minimum absolute atomic E-state index is 0.163. The SMILES string of the molecule is CC(C)c1ccccc1NC(=O)c1cccc(N2CCN(C)CC2)n1. The Labute approximate surface area is 149 Å². The predicted octanol–water partition coefficient (Wildman–Crippen LogP) is 3.21. The molecule has 5 heteroatoms. The van der Waals surface area contributed by atoms with Gasteiger partial charge in [-0.1, -0.05) is 38.1 Å². The van der Waals surface area contributed by atoms with Crippen molar-refractivity contribution in [3.8, 4) is 0 Å². The fourth-order valence-electron chi connectivity index (χ4n) is 3.06. The van der Waals surface area contributed by atoms with Gasteiger partial charge in [0.15, 0.2) is 0 Å². The maximum atomic E-state index is 12.7. The number of benzene rings is 1. The van der Waals surface area contributed by atoms with Gasteiger partial charge in [-0.3, -0.25) is 4.79 Å².